The normalized spacial score (nSPS) is 13.9. The van der Waals surface area contributed by atoms with Gasteiger partial charge in [0, 0.05) is 4.48 Å². The maximum atomic E-state index is 13.5. The molecule has 1 aromatic heterocycles. The van der Waals surface area contributed by atoms with Crippen molar-refractivity contribution in [3.05, 3.63) is 62.2 Å². The summed E-state index contributed by atoms with van der Waals surface area (Å²) in [6, 6.07) is 6.79. The monoisotopic (exact) mass is 505 g/mol. The molecule has 0 aliphatic heterocycles. The molecule has 2 rings (SSSR count). The molecule has 10 heteroatoms. The van der Waals surface area contributed by atoms with E-state index >= 15 is 0 Å². The zero-order chi connectivity index (χ0) is 22.9. The molecule has 162 valence electrons. The number of alkyl halides is 3. The Bertz CT molecular complexity index is 1210. The van der Waals surface area contributed by atoms with Crippen LogP contribution in [0, 0.1) is 6.92 Å². The van der Waals surface area contributed by atoms with Crippen LogP contribution in [0.3, 0.4) is 0 Å². The van der Waals surface area contributed by atoms with Crippen LogP contribution in [-0.2, 0) is 14.8 Å². The number of esters is 1. The average molecular weight is 506 g/mol. The maximum Gasteiger partial charge on any atom is 0.417 e. The van der Waals surface area contributed by atoms with Gasteiger partial charge in [0.2, 0.25) is 0 Å². The van der Waals surface area contributed by atoms with E-state index in [9.17, 15) is 26.4 Å². The molecule has 0 saturated carbocycles. The van der Waals surface area contributed by atoms with E-state index < -0.39 is 38.8 Å². The van der Waals surface area contributed by atoms with E-state index in [1.54, 1.807) is 19.1 Å². The van der Waals surface area contributed by atoms with E-state index in [2.05, 4.69) is 22.5 Å². The van der Waals surface area contributed by atoms with Crippen LogP contribution in [0.15, 0.2) is 45.3 Å². The molecule has 0 radical (unpaired) electrons. The first-order valence-corrected chi connectivity index (χ1v) is 10.9. The van der Waals surface area contributed by atoms with Gasteiger partial charge in [0.05, 0.1) is 22.4 Å². The van der Waals surface area contributed by atoms with E-state index in [0.29, 0.717) is 10.0 Å². The second kappa shape index (κ2) is 8.81. The number of halogens is 4. The van der Waals surface area contributed by atoms with E-state index in [1.165, 1.54) is 26.0 Å². The predicted octanol–water partition coefficient (Wildman–Crippen LogP) is 3.63. The van der Waals surface area contributed by atoms with Crippen molar-refractivity contribution in [1.82, 2.24) is 3.97 Å². The number of allylic oxidation sites excluding steroid dienone is 2. The minimum atomic E-state index is -4.77. The minimum absolute atomic E-state index is 0.0473. The van der Waals surface area contributed by atoms with Crippen LogP contribution < -0.4 is 10.6 Å². The Balaban J connectivity index is 2.98. The second-order valence-electron chi connectivity index (χ2n) is 6.33. The van der Waals surface area contributed by atoms with Gasteiger partial charge in [0.1, 0.15) is 5.69 Å². The summed E-state index contributed by atoms with van der Waals surface area (Å²) in [5.74, 6) is -0.995. The maximum absolute atomic E-state index is 13.5. The van der Waals surface area contributed by atoms with Gasteiger partial charge in [0.15, 0.2) is 0 Å². The summed E-state index contributed by atoms with van der Waals surface area (Å²) in [7, 11) is -4.44. The molecule has 0 amide bonds. The highest BCUT2D eigenvalue weighted by Crippen LogP contribution is 2.31. The van der Waals surface area contributed by atoms with Crippen molar-refractivity contribution in [2.24, 2.45) is 0 Å². The highest BCUT2D eigenvalue weighted by atomic mass is 79.9. The molecule has 0 spiro atoms. The zero-order valence-electron chi connectivity index (χ0n) is 16.4. The van der Waals surface area contributed by atoms with Gasteiger partial charge in [-0.15, -0.1) is 0 Å². The van der Waals surface area contributed by atoms with Crippen LogP contribution >= 0.6 is 15.9 Å². The first kappa shape index (κ1) is 23.9. The lowest BCUT2D eigenvalue weighted by Crippen LogP contribution is -2.35. The van der Waals surface area contributed by atoms with Gasteiger partial charge in [-0.3, -0.25) is 0 Å². The van der Waals surface area contributed by atoms with Gasteiger partial charge in [0.25, 0.3) is 10.0 Å². The third-order valence-electron chi connectivity index (χ3n) is 4.08. The number of aryl methyl sites for hydroxylation is 1. The van der Waals surface area contributed by atoms with E-state index in [-0.39, 0.29) is 21.2 Å². The number of carbonyl (C=O) groups is 1. The zero-order valence-corrected chi connectivity index (χ0v) is 18.8. The van der Waals surface area contributed by atoms with Gasteiger partial charge in [-0.2, -0.15) is 13.2 Å². The molecule has 0 aliphatic carbocycles. The molecule has 2 aromatic rings. The Morgan fingerprint density at radius 3 is 2.30 bits per heavy atom. The first-order chi connectivity index (χ1) is 13.8. The van der Waals surface area contributed by atoms with Crippen molar-refractivity contribution >= 4 is 44.6 Å². The third kappa shape index (κ3) is 4.86. The SMILES string of the molecule is C=c1cc(C(=O)OCC)n(S(=O)(=O)c2ccc(C)cc2)/c1=C/C(=C(\C)Br)C(F)(F)F. The topological polar surface area (TPSA) is 65.4 Å². The number of benzene rings is 1. The lowest BCUT2D eigenvalue weighted by atomic mass is 10.2. The minimum Gasteiger partial charge on any atom is -0.461 e. The van der Waals surface area contributed by atoms with E-state index in [1.807, 2.05) is 0 Å². The number of hydrogen-bond acceptors (Lipinski definition) is 4. The quantitative estimate of drug-likeness (QED) is 0.582. The number of aromatic nitrogens is 1. The number of carbonyl (C=O) groups excluding carboxylic acids is 1. The molecule has 0 saturated heterocycles. The molecule has 0 unspecified atom stereocenters. The Kier molecular flexibility index (Phi) is 7.03. The van der Waals surface area contributed by atoms with Gasteiger partial charge >= 0.3 is 12.1 Å². The Morgan fingerprint density at radius 1 is 1.27 bits per heavy atom. The van der Waals surface area contributed by atoms with E-state index in [4.69, 9.17) is 4.74 Å². The van der Waals surface area contributed by atoms with E-state index in [0.717, 1.165) is 11.6 Å². The summed E-state index contributed by atoms with van der Waals surface area (Å²) < 4.78 is 72.2. The van der Waals surface area contributed by atoms with Crippen molar-refractivity contribution in [2.75, 3.05) is 6.61 Å². The van der Waals surface area contributed by atoms with Crippen LogP contribution in [0.2, 0.25) is 0 Å². The molecular formula is C20H19BrF3NO4S. The summed E-state index contributed by atoms with van der Waals surface area (Å²) >= 11 is 2.80. The van der Waals surface area contributed by atoms with Crippen LogP contribution in [-0.4, -0.2) is 31.1 Å². The van der Waals surface area contributed by atoms with Crippen molar-refractivity contribution in [3.63, 3.8) is 0 Å². The fourth-order valence-electron chi connectivity index (χ4n) is 2.64. The van der Waals surface area contributed by atoms with Crippen LogP contribution in [0.25, 0.3) is 12.7 Å². The summed E-state index contributed by atoms with van der Waals surface area (Å²) in [5.41, 5.74) is -0.766. The highest BCUT2D eigenvalue weighted by Gasteiger charge is 2.34. The summed E-state index contributed by atoms with van der Waals surface area (Å²) in [4.78, 5) is 12.2. The van der Waals surface area contributed by atoms with Crippen LogP contribution in [0.4, 0.5) is 13.2 Å². The average Bonchev–Trinajstić information content (AvgIpc) is 2.96. The molecule has 1 heterocycles. The lowest BCUT2D eigenvalue weighted by molar-refractivity contribution is -0.0868. The smallest absolute Gasteiger partial charge is 0.417 e. The fourth-order valence-corrected chi connectivity index (χ4v) is 4.49. The largest absolute Gasteiger partial charge is 0.461 e. The molecule has 30 heavy (non-hydrogen) atoms. The lowest BCUT2D eigenvalue weighted by Gasteiger charge is -2.13. The summed E-state index contributed by atoms with van der Waals surface area (Å²) in [6.45, 7) is 8.04. The number of rotatable bonds is 5. The van der Waals surface area contributed by atoms with Crippen LogP contribution in [0.5, 0.6) is 0 Å². The van der Waals surface area contributed by atoms with Crippen LogP contribution in [0.1, 0.15) is 29.9 Å². The molecule has 0 N–H and O–H groups in total. The first-order valence-electron chi connectivity index (χ1n) is 8.66. The number of hydrogen-bond donors (Lipinski definition) is 0. The van der Waals surface area contributed by atoms with Gasteiger partial charge < -0.3 is 4.74 Å². The molecule has 0 bridgehead atoms. The fraction of sp³-hybridized carbons (Fsp3) is 0.250. The third-order valence-corrected chi connectivity index (χ3v) is 6.25. The highest BCUT2D eigenvalue weighted by molar-refractivity contribution is 9.11. The van der Waals surface area contributed by atoms with Crippen molar-refractivity contribution in [2.45, 2.75) is 31.8 Å². The Morgan fingerprint density at radius 2 is 1.83 bits per heavy atom. The summed E-state index contributed by atoms with van der Waals surface area (Å²) in [5, 5.41) is -0.478. The Labute approximate surface area is 180 Å². The standard InChI is InChI=1S/C20H19BrF3NO4S/c1-5-29-19(26)18-10-13(3)17(11-16(14(4)21)20(22,23)24)25(18)30(27,28)15-8-6-12(2)7-9-15/h6-11H,3,5H2,1-2,4H3/b16-14-,17-11+. The van der Waals surface area contributed by atoms with Crippen molar-refractivity contribution in [3.8, 4) is 0 Å². The number of nitrogens with zero attached hydrogens (tertiary/aromatic N) is 1. The van der Waals surface area contributed by atoms with Crippen molar-refractivity contribution < 1.29 is 31.1 Å². The second-order valence-corrected chi connectivity index (χ2v) is 9.31. The van der Waals surface area contributed by atoms with Gasteiger partial charge in [-0.25, -0.2) is 17.2 Å². The van der Waals surface area contributed by atoms with Crippen molar-refractivity contribution in [1.29, 1.82) is 0 Å². The molecule has 0 fully saturated rings. The Hall–Kier alpha value is -2.33. The molecule has 5 nitrogen and oxygen atoms in total. The molecular weight excluding hydrogens is 487 g/mol. The number of ether oxygens (including phenoxy) is 1. The summed E-state index contributed by atoms with van der Waals surface area (Å²) in [6.07, 6.45) is -4.13. The predicted molar refractivity (Wildman–Crippen MR) is 111 cm³/mol. The molecule has 1 aromatic carbocycles. The molecule has 0 atom stereocenters. The van der Waals surface area contributed by atoms with Gasteiger partial charge in [-0.1, -0.05) is 40.2 Å². The van der Waals surface area contributed by atoms with Gasteiger partial charge in [-0.05, 0) is 50.3 Å². The molecule has 0 aliphatic rings.